The Hall–Kier alpha value is -5.38. The third kappa shape index (κ3) is 6.46. The molecule has 1 amide bonds. The van der Waals surface area contributed by atoms with E-state index in [0.29, 0.717) is 53.9 Å². The molecule has 0 radical (unpaired) electrons. The van der Waals surface area contributed by atoms with Gasteiger partial charge in [0.05, 0.1) is 39.7 Å². The number of aromatic nitrogens is 4. The molecule has 11 heteroatoms. The summed E-state index contributed by atoms with van der Waals surface area (Å²) in [4.78, 5) is 34.4. The highest BCUT2D eigenvalue weighted by molar-refractivity contribution is 6.35. The number of aryl methyl sites for hydroxylation is 6. The predicted molar refractivity (Wildman–Crippen MR) is 230 cm³/mol. The van der Waals surface area contributed by atoms with Crippen LogP contribution in [0, 0.1) is 34.6 Å². The normalized spacial score (nSPS) is 14.8. The summed E-state index contributed by atoms with van der Waals surface area (Å²) in [6.07, 6.45) is 7.31. The van der Waals surface area contributed by atoms with Crippen LogP contribution in [0.1, 0.15) is 74.0 Å². The monoisotopic (exact) mass is 788 g/mol. The maximum Gasteiger partial charge on any atom is 0.275 e. The molecule has 3 aromatic carbocycles. The van der Waals surface area contributed by atoms with Gasteiger partial charge in [0, 0.05) is 59.3 Å². The number of carbonyl (C=O) groups is 2. The molecule has 3 aromatic heterocycles. The fourth-order valence-electron chi connectivity index (χ4n) is 8.37. The zero-order valence-corrected chi connectivity index (χ0v) is 34.6. The number of benzene rings is 3. The topological polar surface area (TPSA) is 86.7 Å². The average molecular weight is 790 g/mol. The summed E-state index contributed by atoms with van der Waals surface area (Å²) in [5, 5.41) is 7.89. The zero-order valence-electron chi connectivity index (χ0n) is 33.1. The minimum absolute atomic E-state index is 0.134. The molecule has 1 atom stereocenters. The smallest absolute Gasteiger partial charge is 0.275 e. The lowest BCUT2D eigenvalue weighted by Gasteiger charge is -2.35. The molecule has 288 valence electrons. The van der Waals surface area contributed by atoms with Crippen LogP contribution in [-0.4, -0.2) is 57.1 Å². The van der Waals surface area contributed by atoms with Gasteiger partial charge >= 0.3 is 0 Å². The lowest BCUT2D eigenvalue weighted by atomic mass is 9.98. The highest BCUT2D eigenvalue weighted by Crippen LogP contribution is 2.46. The lowest BCUT2D eigenvalue weighted by molar-refractivity contribution is 0.0957. The van der Waals surface area contributed by atoms with E-state index in [2.05, 4.69) is 23.1 Å². The van der Waals surface area contributed by atoms with E-state index < -0.39 is 0 Å². The Labute approximate surface area is 337 Å². The van der Waals surface area contributed by atoms with Crippen molar-refractivity contribution in [2.75, 3.05) is 25.1 Å². The Morgan fingerprint density at radius 2 is 1.77 bits per heavy atom. The molecule has 7 rings (SSSR count). The van der Waals surface area contributed by atoms with E-state index in [4.69, 9.17) is 33.0 Å². The van der Waals surface area contributed by atoms with Crippen LogP contribution < -0.4 is 9.64 Å². The van der Waals surface area contributed by atoms with Crippen LogP contribution in [0.3, 0.4) is 0 Å². The Morgan fingerprint density at radius 1 is 1.04 bits per heavy atom. The maximum atomic E-state index is 15.4. The van der Waals surface area contributed by atoms with E-state index in [1.165, 1.54) is 0 Å². The molecule has 0 spiro atoms. The molecule has 0 saturated heterocycles. The number of ether oxygens (including phenoxy) is 1. The zero-order chi connectivity index (χ0) is 40.2. The quantitative estimate of drug-likeness (QED) is 0.0455. The number of rotatable bonds is 10. The Bertz CT molecular complexity index is 2630. The fourth-order valence-corrected chi connectivity index (χ4v) is 8.73. The van der Waals surface area contributed by atoms with E-state index >= 15 is 4.79 Å². The van der Waals surface area contributed by atoms with Gasteiger partial charge in [-0.3, -0.25) is 23.8 Å². The summed E-state index contributed by atoms with van der Waals surface area (Å²) in [7, 11) is 3.62. The molecule has 0 bridgehead atoms. The largest absolute Gasteiger partial charge is 0.494 e. The Balaban J connectivity index is 1.42. The number of halogens is 2. The van der Waals surface area contributed by atoms with Crippen molar-refractivity contribution in [2.24, 2.45) is 12.0 Å². The van der Waals surface area contributed by atoms with Gasteiger partial charge in [-0.05, 0) is 119 Å². The number of nitrogens with zero attached hydrogens (tertiary/aromatic N) is 6. The molecule has 0 N–H and O–H groups in total. The van der Waals surface area contributed by atoms with Gasteiger partial charge in [0.25, 0.3) is 5.91 Å². The minimum atomic E-state index is -0.158. The van der Waals surface area contributed by atoms with Crippen molar-refractivity contribution in [1.29, 1.82) is 0 Å². The van der Waals surface area contributed by atoms with Crippen molar-refractivity contribution in [3.05, 3.63) is 122 Å². The van der Waals surface area contributed by atoms with Crippen LogP contribution in [0.4, 0.5) is 5.69 Å². The second-order valence-electron chi connectivity index (χ2n) is 14.7. The van der Waals surface area contributed by atoms with E-state index in [1.807, 2.05) is 104 Å². The third-order valence-electron chi connectivity index (χ3n) is 10.9. The van der Waals surface area contributed by atoms with Crippen LogP contribution in [-0.2, 0) is 13.5 Å². The molecular weight excluding hydrogens is 743 g/mol. The predicted octanol–water partition coefficient (Wildman–Crippen LogP) is 10.5. The van der Waals surface area contributed by atoms with Crippen LogP contribution in [0.25, 0.3) is 32.9 Å². The van der Waals surface area contributed by atoms with Gasteiger partial charge in [-0.25, -0.2) is 0 Å². The molecule has 56 heavy (non-hydrogen) atoms. The van der Waals surface area contributed by atoms with E-state index in [9.17, 15) is 4.79 Å². The number of aldehydes is 1. The molecule has 1 aliphatic heterocycles. The summed E-state index contributed by atoms with van der Waals surface area (Å²) in [5.41, 5.74) is 10.9. The number of fused-ring (bicyclic) bond motifs is 4. The number of hydrogen-bond acceptors (Lipinski definition) is 5. The lowest BCUT2D eigenvalue weighted by Crippen LogP contribution is -2.43. The molecule has 0 aliphatic carbocycles. The second-order valence-corrected chi connectivity index (χ2v) is 15.5. The van der Waals surface area contributed by atoms with Crippen LogP contribution in [0.2, 0.25) is 10.0 Å². The minimum Gasteiger partial charge on any atom is -0.494 e. The molecular formula is C45H46Cl2N6O3. The first kappa shape index (κ1) is 38.9. The van der Waals surface area contributed by atoms with Crippen molar-refractivity contribution in [2.45, 2.75) is 60.4 Å². The average Bonchev–Trinajstić information content (AvgIpc) is 3.78. The molecule has 1 aliphatic rings. The van der Waals surface area contributed by atoms with Gasteiger partial charge in [-0.1, -0.05) is 48.0 Å². The fraction of sp³-hybridized carbons (Fsp3) is 0.289. The summed E-state index contributed by atoms with van der Waals surface area (Å²) in [5.74, 6) is 1.18. The molecule has 0 saturated carbocycles. The maximum absolute atomic E-state index is 15.4. The van der Waals surface area contributed by atoms with Gasteiger partial charge in [0.1, 0.15) is 17.3 Å². The number of hydrogen-bond donors (Lipinski definition) is 0. The van der Waals surface area contributed by atoms with Crippen LogP contribution in [0.15, 0.2) is 72.3 Å². The first-order valence-electron chi connectivity index (χ1n) is 18.8. The highest BCUT2D eigenvalue weighted by atomic mass is 35.5. The second kappa shape index (κ2) is 15.3. The van der Waals surface area contributed by atoms with Gasteiger partial charge < -0.3 is 14.2 Å². The van der Waals surface area contributed by atoms with Crippen molar-refractivity contribution in [3.63, 3.8) is 0 Å². The molecule has 6 aromatic rings. The Kier molecular flexibility index (Phi) is 10.6. The Morgan fingerprint density at radius 3 is 2.41 bits per heavy atom. The standard InChI is InChI=1S/C45H46Cl2N6O3/c1-10-11-14-38(48-8)53-32(24-54)22-31-18-25(2)19-37(42(31)53)51-23-28(5)52-43-35(15-16-36(46)40(43)39-29(6)49-50(9)30(39)7)34(44(52)45(51)55)13-12-17-56-33-20-26(3)41(47)27(4)21-33/h10-11,14-16,18-22,24,28H,1,12-13,17,23H2,2-9H3/b14-11-,48-38?/t28-/m1/s1. The molecule has 0 unspecified atom stereocenters. The van der Waals surface area contributed by atoms with E-state index in [0.717, 1.165) is 83.6 Å². The van der Waals surface area contributed by atoms with Crippen LogP contribution >= 0.6 is 23.2 Å². The van der Waals surface area contributed by atoms with Gasteiger partial charge in [-0.15, -0.1) is 0 Å². The van der Waals surface area contributed by atoms with Gasteiger partial charge in [0.2, 0.25) is 0 Å². The first-order valence-corrected chi connectivity index (χ1v) is 19.5. The number of aliphatic imine (C=N–C) groups is 1. The molecule has 0 fully saturated rings. The van der Waals surface area contributed by atoms with E-state index in [1.54, 1.807) is 19.2 Å². The van der Waals surface area contributed by atoms with Crippen LogP contribution in [0.5, 0.6) is 5.75 Å². The molecule has 4 heterocycles. The van der Waals surface area contributed by atoms with Crippen molar-refractivity contribution < 1.29 is 14.3 Å². The SMILES string of the molecule is C=C/C=C\C(=NC)n1c(C=O)cc2cc(C)cc(N3C[C@@H](C)n4c(c(CCCOc5cc(C)c(Cl)c(C)c5)c5ccc(Cl)c(-c6c(C)nn(C)c6C)c54)C3=O)c21. The van der Waals surface area contributed by atoms with Gasteiger partial charge in [0.15, 0.2) is 6.29 Å². The van der Waals surface area contributed by atoms with Crippen molar-refractivity contribution >= 4 is 68.7 Å². The van der Waals surface area contributed by atoms with Gasteiger partial charge in [-0.2, -0.15) is 5.10 Å². The number of amides is 1. The summed E-state index contributed by atoms with van der Waals surface area (Å²) in [6, 6.07) is 13.6. The van der Waals surface area contributed by atoms with Crippen molar-refractivity contribution in [1.82, 2.24) is 18.9 Å². The summed E-state index contributed by atoms with van der Waals surface area (Å²) in [6.45, 7) is 16.8. The highest BCUT2D eigenvalue weighted by Gasteiger charge is 2.38. The summed E-state index contributed by atoms with van der Waals surface area (Å²) < 4.78 is 12.2. The number of carbonyl (C=O) groups excluding carboxylic acids is 2. The third-order valence-corrected chi connectivity index (χ3v) is 11.8. The molecule has 9 nitrogen and oxygen atoms in total. The van der Waals surface area contributed by atoms with Crippen molar-refractivity contribution in [3.8, 4) is 16.9 Å². The number of allylic oxidation sites excluding steroid dienone is 3. The first-order chi connectivity index (χ1) is 26.8. The van der Waals surface area contributed by atoms with E-state index in [-0.39, 0.29) is 11.9 Å². The number of anilines is 1. The summed E-state index contributed by atoms with van der Waals surface area (Å²) >= 11 is 13.6.